The van der Waals surface area contributed by atoms with Gasteiger partial charge in [0, 0.05) is 15.0 Å². The number of nitrogens with one attached hydrogen (secondary N) is 1. The summed E-state index contributed by atoms with van der Waals surface area (Å²) >= 11 is 5.14. The maximum Gasteiger partial charge on any atom is 0.238 e. The van der Waals surface area contributed by atoms with Gasteiger partial charge in [0.25, 0.3) is 0 Å². The minimum Gasteiger partial charge on any atom is -0.377 e. The van der Waals surface area contributed by atoms with Crippen molar-refractivity contribution in [2.45, 2.75) is 24.8 Å². The van der Waals surface area contributed by atoms with Crippen LogP contribution >= 0.6 is 27.3 Å². The lowest BCUT2D eigenvalue weighted by Crippen LogP contribution is -2.15. The summed E-state index contributed by atoms with van der Waals surface area (Å²) in [6.07, 6.45) is 0. The van der Waals surface area contributed by atoms with E-state index in [4.69, 9.17) is 5.14 Å². The lowest BCUT2D eigenvalue weighted by molar-refractivity contribution is 0.597. The fourth-order valence-electron chi connectivity index (χ4n) is 1.99. The van der Waals surface area contributed by atoms with Crippen molar-refractivity contribution in [3.05, 3.63) is 44.6 Å². The van der Waals surface area contributed by atoms with Gasteiger partial charge in [0.05, 0.1) is 10.9 Å². The van der Waals surface area contributed by atoms with E-state index in [0.29, 0.717) is 5.56 Å². The van der Waals surface area contributed by atoms with Gasteiger partial charge in [0.1, 0.15) is 0 Å². The number of benzene rings is 1. The van der Waals surface area contributed by atoms with Crippen LogP contribution in [0.15, 0.2) is 39.0 Å². The molecular formula is C13H15BrN2O2S2. The van der Waals surface area contributed by atoms with Crippen LogP contribution in [0.2, 0.25) is 0 Å². The molecule has 1 aromatic carbocycles. The van der Waals surface area contributed by atoms with Crippen LogP contribution in [0.25, 0.3) is 0 Å². The molecule has 0 saturated heterocycles. The van der Waals surface area contributed by atoms with E-state index in [2.05, 4.69) is 21.2 Å². The second kappa shape index (κ2) is 5.85. The number of nitrogens with two attached hydrogens (primary N) is 1. The third-order valence-corrected chi connectivity index (χ3v) is 6.11. The average molecular weight is 375 g/mol. The maximum atomic E-state index is 11.5. The number of hydrogen-bond acceptors (Lipinski definition) is 4. The molecule has 1 heterocycles. The van der Waals surface area contributed by atoms with Crippen molar-refractivity contribution in [2.75, 3.05) is 5.32 Å². The predicted octanol–water partition coefficient (Wildman–Crippen LogP) is 3.64. The molecule has 1 unspecified atom stereocenters. The summed E-state index contributed by atoms with van der Waals surface area (Å²) in [6.45, 7) is 3.78. The van der Waals surface area contributed by atoms with Crippen LogP contribution in [0.3, 0.4) is 0 Å². The Labute approximate surface area is 131 Å². The minimum atomic E-state index is -3.70. The molecule has 4 nitrogen and oxygen atoms in total. The average Bonchev–Trinajstić information content (AvgIpc) is 2.76. The quantitative estimate of drug-likeness (QED) is 0.857. The fourth-order valence-corrected chi connectivity index (χ4v) is 4.52. The zero-order valence-corrected chi connectivity index (χ0v) is 14.3. The number of rotatable bonds is 4. The molecular weight excluding hydrogens is 360 g/mol. The number of hydrogen-bond donors (Lipinski definition) is 2. The van der Waals surface area contributed by atoms with E-state index in [0.717, 1.165) is 15.0 Å². The maximum absolute atomic E-state index is 11.5. The molecule has 0 radical (unpaired) electrons. The number of thiophene rings is 1. The molecule has 0 aliphatic rings. The molecule has 108 valence electrons. The van der Waals surface area contributed by atoms with Gasteiger partial charge in [-0.15, -0.1) is 11.3 Å². The zero-order chi connectivity index (χ0) is 14.9. The highest BCUT2D eigenvalue weighted by Gasteiger charge is 2.16. The number of sulfonamides is 1. The predicted molar refractivity (Wildman–Crippen MR) is 86.6 cm³/mol. The van der Waals surface area contributed by atoms with E-state index in [1.165, 1.54) is 6.07 Å². The molecule has 0 amide bonds. The molecule has 2 rings (SSSR count). The summed E-state index contributed by atoms with van der Waals surface area (Å²) in [5, 5.41) is 10.5. The van der Waals surface area contributed by atoms with Crippen molar-refractivity contribution in [3.63, 3.8) is 0 Å². The second-order valence-electron chi connectivity index (χ2n) is 4.47. The molecule has 0 aliphatic heterocycles. The van der Waals surface area contributed by atoms with Gasteiger partial charge in [-0.1, -0.05) is 6.07 Å². The monoisotopic (exact) mass is 374 g/mol. The van der Waals surface area contributed by atoms with Crippen molar-refractivity contribution in [2.24, 2.45) is 5.14 Å². The van der Waals surface area contributed by atoms with Gasteiger partial charge in [-0.05, 0) is 58.9 Å². The lowest BCUT2D eigenvalue weighted by Gasteiger charge is -2.17. The molecule has 1 atom stereocenters. The normalized spacial score (nSPS) is 13.2. The van der Waals surface area contributed by atoms with Crippen LogP contribution in [0.4, 0.5) is 5.69 Å². The molecule has 1 aromatic heterocycles. The van der Waals surface area contributed by atoms with Gasteiger partial charge < -0.3 is 5.32 Å². The third kappa shape index (κ3) is 3.22. The van der Waals surface area contributed by atoms with Crippen molar-refractivity contribution in [3.8, 4) is 0 Å². The molecule has 3 N–H and O–H groups in total. The molecule has 0 saturated carbocycles. The first-order valence-corrected chi connectivity index (χ1v) is 9.14. The molecule has 2 aromatic rings. The first kappa shape index (κ1) is 15.5. The van der Waals surface area contributed by atoms with E-state index in [9.17, 15) is 8.42 Å². The zero-order valence-electron chi connectivity index (χ0n) is 11.1. The first-order chi connectivity index (χ1) is 9.30. The van der Waals surface area contributed by atoms with Crippen LogP contribution in [-0.4, -0.2) is 8.42 Å². The van der Waals surface area contributed by atoms with Crippen molar-refractivity contribution < 1.29 is 8.42 Å². The Morgan fingerprint density at radius 1 is 1.35 bits per heavy atom. The Bertz CT molecular complexity index is 726. The van der Waals surface area contributed by atoms with Gasteiger partial charge in [-0.3, -0.25) is 0 Å². The summed E-state index contributed by atoms with van der Waals surface area (Å²) in [5.74, 6) is 0. The summed E-state index contributed by atoms with van der Waals surface area (Å²) in [4.78, 5) is 1.31. The fraction of sp³-hybridized carbons (Fsp3) is 0.231. The SMILES string of the molecule is Cc1c(NC(C)c2sccc2Br)cccc1S(N)(=O)=O. The summed E-state index contributed by atoms with van der Waals surface area (Å²) in [6, 6.07) is 7.11. The highest BCUT2D eigenvalue weighted by Crippen LogP contribution is 2.32. The highest BCUT2D eigenvalue weighted by molar-refractivity contribution is 9.10. The van der Waals surface area contributed by atoms with Crippen molar-refractivity contribution in [1.29, 1.82) is 0 Å². The minimum absolute atomic E-state index is 0.0683. The summed E-state index contributed by atoms with van der Waals surface area (Å²) in [7, 11) is -3.70. The molecule has 0 spiro atoms. The van der Waals surface area contributed by atoms with E-state index in [-0.39, 0.29) is 10.9 Å². The van der Waals surface area contributed by atoms with Crippen molar-refractivity contribution >= 4 is 43.0 Å². The van der Waals surface area contributed by atoms with E-state index < -0.39 is 10.0 Å². The van der Waals surface area contributed by atoms with Gasteiger partial charge >= 0.3 is 0 Å². The largest absolute Gasteiger partial charge is 0.377 e. The topological polar surface area (TPSA) is 72.2 Å². The van der Waals surface area contributed by atoms with Crippen LogP contribution in [0.5, 0.6) is 0 Å². The van der Waals surface area contributed by atoms with Gasteiger partial charge in [-0.2, -0.15) is 0 Å². The Morgan fingerprint density at radius 2 is 2.05 bits per heavy atom. The van der Waals surface area contributed by atoms with Crippen LogP contribution in [0, 0.1) is 6.92 Å². The van der Waals surface area contributed by atoms with E-state index in [1.807, 2.05) is 24.4 Å². The molecule has 0 fully saturated rings. The van der Waals surface area contributed by atoms with E-state index in [1.54, 1.807) is 24.3 Å². The van der Waals surface area contributed by atoms with Gasteiger partial charge in [0.2, 0.25) is 10.0 Å². The number of anilines is 1. The Morgan fingerprint density at radius 3 is 2.60 bits per heavy atom. The number of primary sulfonamides is 1. The summed E-state index contributed by atoms with van der Waals surface area (Å²) in [5.41, 5.74) is 1.40. The van der Waals surface area contributed by atoms with Crippen LogP contribution in [0.1, 0.15) is 23.4 Å². The molecule has 0 bridgehead atoms. The Hall–Kier alpha value is -0.890. The van der Waals surface area contributed by atoms with Crippen LogP contribution < -0.4 is 10.5 Å². The third-order valence-electron chi connectivity index (χ3n) is 3.00. The molecule has 0 aliphatic carbocycles. The first-order valence-electron chi connectivity index (χ1n) is 5.92. The molecule has 7 heteroatoms. The van der Waals surface area contributed by atoms with Gasteiger partial charge in [0.15, 0.2) is 0 Å². The molecule has 20 heavy (non-hydrogen) atoms. The van der Waals surface area contributed by atoms with Crippen LogP contribution in [-0.2, 0) is 10.0 Å². The highest BCUT2D eigenvalue weighted by atomic mass is 79.9. The number of halogens is 1. The standard InChI is InChI=1S/C13H15BrN2O2S2/c1-8-11(4-3-5-12(8)20(15,17)18)16-9(2)13-10(14)6-7-19-13/h3-7,9,16H,1-2H3,(H2,15,17,18). The Kier molecular flexibility index (Phi) is 4.53. The smallest absolute Gasteiger partial charge is 0.238 e. The Balaban J connectivity index is 2.34. The summed E-state index contributed by atoms with van der Waals surface area (Å²) < 4.78 is 24.1. The van der Waals surface area contributed by atoms with Crippen molar-refractivity contribution in [1.82, 2.24) is 0 Å². The lowest BCUT2D eigenvalue weighted by atomic mass is 10.1. The van der Waals surface area contributed by atoms with E-state index >= 15 is 0 Å². The van der Waals surface area contributed by atoms with Gasteiger partial charge in [-0.25, -0.2) is 13.6 Å². The second-order valence-corrected chi connectivity index (χ2v) is 7.80.